The van der Waals surface area contributed by atoms with Gasteiger partial charge < -0.3 is 0 Å². The van der Waals surface area contributed by atoms with Crippen molar-refractivity contribution in [2.75, 3.05) is 0 Å². The van der Waals surface area contributed by atoms with Gasteiger partial charge in [-0.05, 0) is 74.5 Å². The first kappa shape index (κ1) is 12.5. The lowest BCUT2D eigenvalue weighted by Gasteiger charge is -2.25. The van der Waals surface area contributed by atoms with Crippen molar-refractivity contribution in [1.29, 1.82) is 0 Å². The van der Waals surface area contributed by atoms with E-state index in [2.05, 4.69) is 32.1 Å². The third kappa shape index (κ3) is 2.58. The normalized spacial score (nSPS) is 39.8. The minimum Gasteiger partial charge on any atom is -0.0882 e. The first-order valence-corrected chi connectivity index (χ1v) is 8.11. The number of hydrogen-bond acceptors (Lipinski definition) is 0. The number of rotatable bonds is 3. The van der Waals surface area contributed by atoms with E-state index in [0.717, 1.165) is 29.6 Å². The van der Waals surface area contributed by atoms with E-state index in [1.54, 1.807) is 0 Å². The van der Waals surface area contributed by atoms with E-state index in [1.807, 2.05) is 5.57 Å². The Morgan fingerprint density at radius 1 is 1.22 bits per heavy atom. The highest BCUT2D eigenvalue weighted by atomic mass is 14.5. The van der Waals surface area contributed by atoms with Crippen LogP contribution in [0.15, 0.2) is 23.8 Å². The van der Waals surface area contributed by atoms with Crippen LogP contribution in [0.4, 0.5) is 0 Å². The molecule has 0 saturated heterocycles. The highest BCUT2D eigenvalue weighted by molar-refractivity contribution is 5.20. The Morgan fingerprint density at radius 3 is 2.72 bits per heavy atom. The first-order chi connectivity index (χ1) is 8.75. The van der Waals surface area contributed by atoms with Gasteiger partial charge in [0.05, 0.1) is 0 Å². The second-order valence-corrected chi connectivity index (χ2v) is 7.09. The largest absolute Gasteiger partial charge is 0.0882 e. The van der Waals surface area contributed by atoms with Crippen LogP contribution in [-0.4, -0.2) is 0 Å². The monoisotopic (exact) mass is 244 g/mol. The molecular weight excluding hydrogens is 216 g/mol. The summed E-state index contributed by atoms with van der Waals surface area (Å²) in [5.74, 6) is 4.75. The molecule has 0 N–H and O–H groups in total. The van der Waals surface area contributed by atoms with Crippen molar-refractivity contribution >= 4 is 0 Å². The molecular formula is C18H28. The molecule has 1 fully saturated rings. The molecule has 0 radical (unpaired) electrons. The summed E-state index contributed by atoms with van der Waals surface area (Å²) in [5.41, 5.74) is 1.83. The molecule has 0 amide bonds. The van der Waals surface area contributed by atoms with Crippen molar-refractivity contribution in [2.45, 2.75) is 58.8 Å². The summed E-state index contributed by atoms with van der Waals surface area (Å²) >= 11 is 0. The van der Waals surface area contributed by atoms with E-state index in [4.69, 9.17) is 0 Å². The molecule has 0 bridgehead atoms. The van der Waals surface area contributed by atoms with Crippen LogP contribution < -0.4 is 0 Å². The molecule has 0 aromatic carbocycles. The lowest BCUT2D eigenvalue weighted by molar-refractivity contribution is 0.344. The van der Waals surface area contributed by atoms with Crippen LogP contribution in [-0.2, 0) is 0 Å². The molecule has 0 aromatic rings. The lowest BCUT2D eigenvalue weighted by Crippen LogP contribution is -2.13. The van der Waals surface area contributed by atoms with Gasteiger partial charge in [0.15, 0.2) is 0 Å². The van der Waals surface area contributed by atoms with Crippen LogP contribution in [0, 0.1) is 29.6 Å². The molecule has 4 atom stereocenters. The number of hydrogen-bond donors (Lipinski definition) is 0. The van der Waals surface area contributed by atoms with Crippen molar-refractivity contribution in [3.63, 3.8) is 0 Å². The Hall–Kier alpha value is -0.520. The maximum atomic E-state index is 2.62. The molecule has 18 heavy (non-hydrogen) atoms. The summed E-state index contributed by atoms with van der Waals surface area (Å²) in [4.78, 5) is 0. The van der Waals surface area contributed by atoms with E-state index in [0.29, 0.717) is 0 Å². The molecule has 100 valence electrons. The third-order valence-electron chi connectivity index (χ3n) is 5.59. The molecule has 3 aliphatic carbocycles. The van der Waals surface area contributed by atoms with Crippen molar-refractivity contribution < 1.29 is 0 Å². The maximum absolute atomic E-state index is 2.62. The molecule has 0 heteroatoms. The summed E-state index contributed by atoms with van der Waals surface area (Å²) in [6, 6.07) is 0. The average Bonchev–Trinajstić information content (AvgIpc) is 3.20. The Bertz CT molecular complexity index is 347. The fourth-order valence-corrected chi connectivity index (χ4v) is 4.13. The predicted octanol–water partition coefficient (Wildman–Crippen LogP) is 5.36. The molecule has 0 nitrogen and oxygen atoms in total. The van der Waals surface area contributed by atoms with E-state index >= 15 is 0 Å². The van der Waals surface area contributed by atoms with E-state index in [-0.39, 0.29) is 0 Å². The minimum absolute atomic E-state index is 0.874. The van der Waals surface area contributed by atoms with Crippen molar-refractivity contribution in [3.05, 3.63) is 23.8 Å². The van der Waals surface area contributed by atoms with E-state index < -0.39 is 0 Å². The van der Waals surface area contributed by atoms with Gasteiger partial charge in [-0.3, -0.25) is 0 Å². The molecule has 0 aliphatic heterocycles. The Morgan fingerprint density at radius 2 is 2.11 bits per heavy atom. The van der Waals surface area contributed by atoms with Crippen molar-refractivity contribution in [2.24, 2.45) is 29.6 Å². The quantitative estimate of drug-likeness (QED) is 0.586. The second kappa shape index (κ2) is 5.23. The van der Waals surface area contributed by atoms with Crippen LogP contribution >= 0.6 is 0 Å². The van der Waals surface area contributed by atoms with Crippen LogP contribution in [0.5, 0.6) is 0 Å². The summed E-state index contributed by atoms with van der Waals surface area (Å²) in [5, 5.41) is 0. The highest BCUT2D eigenvalue weighted by Gasteiger charge is 2.44. The Kier molecular flexibility index (Phi) is 3.63. The third-order valence-corrected chi connectivity index (χ3v) is 5.59. The molecule has 0 spiro atoms. The van der Waals surface area contributed by atoms with Crippen LogP contribution in [0.1, 0.15) is 58.8 Å². The zero-order chi connectivity index (χ0) is 12.5. The fraction of sp³-hybridized carbons (Fsp3) is 0.778. The molecule has 0 heterocycles. The maximum Gasteiger partial charge on any atom is -0.0166 e. The summed E-state index contributed by atoms with van der Waals surface area (Å²) in [6.45, 7) is 4.77. The molecule has 3 rings (SSSR count). The van der Waals surface area contributed by atoms with Gasteiger partial charge in [0.2, 0.25) is 0 Å². The van der Waals surface area contributed by atoms with Crippen molar-refractivity contribution in [1.82, 2.24) is 0 Å². The molecule has 4 unspecified atom stereocenters. The topological polar surface area (TPSA) is 0 Å². The van der Waals surface area contributed by atoms with E-state index in [1.165, 1.54) is 44.9 Å². The van der Waals surface area contributed by atoms with Gasteiger partial charge in [-0.15, -0.1) is 0 Å². The Labute approximate surface area is 113 Å². The van der Waals surface area contributed by atoms with Crippen LogP contribution in [0.2, 0.25) is 0 Å². The van der Waals surface area contributed by atoms with Crippen molar-refractivity contribution in [3.8, 4) is 0 Å². The van der Waals surface area contributed by atoms with Gasteiger partial charge >= 0.3 is 0 Å². The number of allylic oxidation sites excluding steroid dienone is 4. The van der Waals surface area contributed by atoms with Gasteiger partial charge in [0.25, 0.3) is 0 Å². The minimum atomic E-state index is 0.874. The predicted molar refractivity (Wildman–Crippen MR) is 78.3 cm³/mol. The molecule has 0 aromatic heterocycles. The second-order valence-electron chi connectivity index (χ2n) is 7.09. The highest BCUT2D eigenvalue weighted by Crippen LogP contribution is 2.53. The first-order valence-electron chi connectivity index (χ1n) is 8.11. The van der Waals surface area contributed by atoms with E-state index in [9.17, 15) is 0 Å². The summed E-state index contributed by atoms with van der Waals surface area (Å²) in [7, 11) is 0. The molecule has 1 saturated carbocycles. The van der Waals surface area contributed by atoms with Gasteiger partial charge in [-0.2, -0.15) is 0 Å². The molecule has 3 aliphatic rings. The smallest absolute Gasteiger partial charge is 0.0166 e. The van der Waals surface area contributed by atoms with Gasteiger partial charge in [-0.25, -0.2) is 0 Å². The van der Waals surface area contributed by atoms with Gasteiger partial charge in [-0.1, -0.05) is 37.6 Å². The SMILES string of the molecule is CC(C)C1CC=C(C2CC2C2C=CCCC2)CC1. The summed E-state index contributed by atoms with van der Waals surface area (Å²) in [6.07, 6.45) is 17.5. The fourth-order valence-electron chi connectivity index (χ4n) is 4.13. The van der Waals surface area contributed by atoms with Crippen LogP contribution in [0.25, 0.3) is 0 Å². The zero-order valence-electron chi connectivity index (χ0n) is 12.1. The van der Waals surface area contributed by atoms with Gasteiger partial charge in [0.1, 0.15) is 0 Å². The average molecular weight is 244 g/mol. The summed E-state index contributed by atoms with van der Waals surface area (Å²) < 4.78 is 0. The van der Waals surface area contributed by atoms with Crippen LogP contribution in [0.3, 0.4) is 0 Å². The lowest BCUT2D eigenvalue weighted by atomic mass is 9.80. The van der Waals surface area contributed by atoms with Gasteiger partial charge in [0, 0.05) is 0 Å². The standard InChI is InChI=1S/C18H28/c1-13(2)14-8-10-16(11-9-14)18-12-17(18)15-6-4-3-5-7-15/h4,6,10,13-15,17-18H,3,5,7-9,11-12H2,1-2H3. The Balaban J connectivity index is 1.55. The zero-order valence-corrected chi connectivity index (χ0v) is 12.1.